The van der Waals surface area contributed by atoms with Crippen LogP contribution in [0.4, 0.5) is 16.3 Å². The van der Waals surface area contributed by atoms with E-state index in [0.29, 0.717) is 11.7 Å². The first-order chi connectivity index (χ1) is 9.63. The van der Waals surface area contributed by atoms with Gasteiger partial charge in [-0.15, -0.1) is 0 Å². The maximum absolute atomic E-state index is 11.6. The van der Waals surface area contributed by atoms with Crippen molar-refractivity contribution >= 4 is 17.5 Å². The largest absolute Gasteiger partial charge is 0.370 e. The molecule has 20 heavy (non-hydrogen) atoms. The van der Waals surface area contributed by atoms with Crippen LogP contribution in [0.15, 0.2) is 18.3 Å². The molecule has 110 valence electrons. The van der Waals surface area contributed by atoms with Crippen LogP contribution in [0.1, 0.15) is 19.3 Å². The van der Waals surface area contributed by atoms with E-state index in [1.807, 2.05) is 12.1 Å². The van der Waals surface area contributed by atoms with E-state index in [0.717, 1.165) is 38.2 Å². The fourth-order valence-corrected chi connectivity index (χ4v) is 1.76. The van der Waals surface area contributed by atoms with Crippen molar-refractivity contribution in [1.82, 2.24) is 15.2 Å². The molecule has 1 aliphatic carbocycles. The Morgan fingerprint density at radius 1 is 1.40 bits per heavy atom. The highest BCUT2D eigenvalue weighted by atomic mass is 16.2. The van der Waals surface area contributed by atoms with Gasteiger partial charge in [-0.25, -0.2) is 9.78 Å². The van der Waals surface area contributed by atoms with Gasteiger partial charge in [0, 0.05) is 12.6 Å². The molecule has 6 heteroatoms. The second-order valence-corrected chi connectivity index (χ2v) is 5.39. The smallest absolute Gasteiger partial charge is 0.319 e. The standard InChI is InChI=1S/C14H23N5O/c1-19(2)9-3-8-15-13-7-6-12(10-16-13)18-14(20)17-11-4-5-11/h6-7,10-11H,3-5,8-9H2,1-2H3,(H,15,16)(H2,17,18,20). The molecular weight excluding hydrogens is 254 g/mol. The lowest BCUT2D eigenvalue weighted by Crippen LogP contribution is -2.30. The highest BCUT2D eigenvalue weighted by Crippen LogP contribution is 2.18. The zero-order valence-corrected chi connectivity index (χ0v) is 12.1. The number of hydrogen-bond donors (Lipinski definition) is 3. The van der Waals surface area contributed by atoms with Crippen molar-refractivity contribution in [2.75, 3.05) is 37.8 Å². The quantitative estimate of drug-likeness (QED) is 0.664. The molecule has 2 amide bonds. The van der Waals surface area contributed by atoms with Gasteiger partial charge in [0.05, 0.1) is 11.9 Å². The summed E-state index contributed by atoms with van der Waals surface area (Å²) in [6.45, 7) is 1.94. The van der Waals surface area contributed by atoms with Crippen LogP contribution >= 0.6 is 0 Å². The molecule has 1 heterocycles. The van der Waals surface area contributed by atoms with Crippen LogP contribution in [0.5, 0.6) is 0 Å². The van der Waals surface area contributed by atoms with E-state index in [9.17, 15) is 4.79 Å². The van der Waals surface area contributed by atoms with Crippen LogP contribution in [0, 0.1) is 0 Å². The summed E-state index contributed by atoms with van der Waals surface area (Å²) in [6.07, 6.45) is 4.90. The first-order valence-corrected chi connectivity index (χ1v) is 7.05. The third-order valence-corrected chi connectivity index (χ3v) is 3.02. The number of anilines is 2. The van der Waals surface area contributed by atoms with Crippen molar-refractivity contribution in [3.05, 3.63) is 18.3 Å². The van der Waals surface area contributed by atoms with Crippen molar-refractivity contribution in [3.63, 3.8) is 0 Å². The molecule has 0 aliphatic heterocycles. The van der Waals surface area contributed by atoms with Crippen LogP contribution in [0.3, 0.4) is 0 Å². The Morgan fingerprint density at radius 3 is 2.80 bits per heavy atom. The zero-order chi connectivity index (χ0) is 14.4. The van der Waals surface area contributed by atoms with Crippen LogP contribution in [0.25, 0.3) is 0 Å². The number of hydrogen-bond acceptors (Lipinski definition) is 4. The summed E-state index contributed by atoms with van der Waals surface area (Å²) in [6, 6.07) is 3.94. The molecule has 1 aromatic heterocycles. The number of amides is 2. The molecule has 6 nitrogen and oxygen atoms in total. The van der Waals surface area contributed by atoms with E-state index in [-0.39, 0.29) is 6.03 Å². The second-order valence-electron chi connectivity index (χ2n) is 5.39. The van der Waals surface area contributed by atoms with E-state index in [1.54, 1.807) is 6.20 Å². The number of rotatable bonds is 7. The van der Waals surface area contributed by atoms with Crippen LogP contribution in [-0.4, -0.2) is 49.1 Å². The molecular formula is C14H23N5O. The molecule has 0 unspecified atom stereocenters. The molecule has 1 aromatic rings. The number of nitrogens with one attached hydrogen (secondary N) is 3. The first kappa shape index (κ1) is 14.6. The van der Waals surface area contributed by atoms with Gasteiger partial charge in [-0.2, -0.15) is 0 Å². The van der Waals surface area contributed by atoms with Gasteiger partial charge < -0.3 is 20.9 Å². The Kier molecular flexibility index (Phi) is 5.17. The molecule has 0 aromatic carbocycles. The van der Waals surface area contributed by atoms with Gasteiger partial charge in [0.2, 0.25) is 0 Å². The third kappa shape index (κ3) is 5.44. The number of carbonyl (C=O) groups is 1. The Hall–Kier alpha value is -1.82. The van der Waals surface area contributed by atoms with Crippen molar-refractivity contribution in [2.45, 2.75) is 25.3 Å². The Morgan fingerprint density at radius 2 is 2.20 bits per heavy atom. The van der Waals surface area contributed by atoms with Crippen molar-refractivity contribution in [2.24, 2.45) is 0 Å². The van der Waals surface area contributed by atoms with E-state index in [4.69, 9.17) is 0 Å². The highest BCUT2D eigenvalue weighted by molar-refractivity contribution is 5.89. The molecule has 3 N–H and O–H groups in total. The summed E-state index contributed by atoms with van der Waals surface area (Å²) >= 11 is 0. The molecule has 0 saturated heterocycles. The Bertz CT molecular complexity index is 428. The maximum Gasteiger partial charge on any atom is 0.319 e. The minimum absolute atomic E-state index is 0.152. The van der Waals surface area contributed by atoms with Crippen molar-refractivity contribution in [1.29, 1.82) is 0 Å². The SMILES string of the molecule is CN(C)CCCNc1ccc(NC(=O)NC2CC2)cn1. The average molecular weight is 277 g/mol. The van der Waals surface area contributed by atoms with Gasteiger partial charge >= 0.3 is 6.03 Å². The molecule has 0 bridgehead atoms. The van der Waals surface area contributed by atoms with E-state index in [1.165, 1.54) is 0 Å². The van der Waals surface area contributed by atoms with Gasteiger partial charge in [0.1, 0.15) is 5.82 Å². The average Bonchev–Trinajstić information content (AvgIpc) is 3.20. The van der Waals surface area contributed by atoms with Crippen molar-refractivity contribution < 1.29 is 4.79 Å². The topological polar surface area (TPSA) is 69.3 Å². The summed E-state index contributed by atoms with van der Waals surface area (Å²) in [4.78, 5) is 18.0. The normalized spacial score (nSPS) is 14.2. The number of pyridine rings is 1. The zero-order valence-electron chi connectivity index (χ0n) is 12.1. The summed E-state index contributed by atoms with van der Waals surface area (Å²) in [5, 5.41) is 8.90. The summed E-state index contributed by atoms with van der Waals surface area (Å²) < 4.78 is 0. The van der Waals surface area contributed by atoms with Gasteiger partial charge in [-0.1, -0.05) is 0 Å². The van der Waals surface area contributed by atoms with Crippen LogP contribution in [0.2, 0.25) is 0 Å². The maximum atomic E-state index is 11.6. The summed E-state index contributed by atoms with van der Waals surface area (Å²) in [5.41, 5.74) is 0.710. The first-order valence-electron chi connectivity index (χ1n) is 7.05. The predicted molar refractivity (Wildman–Crippen MR) is 81.1 cm³/mol. The summed E-state index contributed by atoms with van der Waals surface area (Å²) in [7, 11) is 4.12. The second kappa shape index (κ2) is 7.09. The van der Waals surface area contributed by atoms with Gasteiger partial charge in [0.15, 0.2) is 0 Å². The molecule has 0 atom stereocenters. The highest BCUT2D eigenvalue weighted by Gasteiger charge is 2.23. The minimum atomic E-state index is -0.152. The van der Waals surface area contributed by atoms with E-state index < -0.39 is 0 Å². The van der Waals surface area contributed by atoms with E-state index >= 15 is 0 Å². The number of aromatic nitrogens is 1. The van der Waals surface area contributed by atoms with Gasteiger partial charge in [0.25, 0.3) is 0 Å². The van der Waals surface area contributed by atoms with Gasteiger partial charge in [-0.3, -0.25) is 0 Å². The molecule has 1 fully saturated rings. The Balaban J connectivity index is 1.70. The predicted octanol–water partition coefficient (Wildman–Crippen LogP) is 1.73. The minimum Gasteiger partial charge on any atom is -0.370 e. The Labute approximate surface area is 120 Å². The fourth-order valence-electron chi connectivity index (χ4n) is 1.76. The lowest BCUT2D eigenvalue weighted by atomic mass is 10.3. The fraction of sp³-hybridized carbons (Fsp3) is 0.571. The van der Waals surface area contributed by atoms with Crippen LogP contribution in [-0.2, 0) is 0 Å². The van der Waals surface area contributed by atoms with E-state index in [2.05, 4.69) is 39.9 Å². The third-order valence-electron chi connectivity index (χ3n) is 3.02. The molecule has 1 aliphatic rings. The monoisotopic (exact) mass is 277 g/mol. The molecule has 2 rings (SSSR count). The van der Waals surface area contributed by atoms with Crippen LogP contribution < -0.4 is 16.0 Å². The summed E-state index contributed by atoms with van der Waals surface area (Å²) in [5.74, 6) is 0.830. The lowest BCUT2D eigenvalue weighted by Gasteiger charge is -2.10. The lowest BCUT2D eigenvalue weighted by molar-refractivity contribution is 0.251. The number of carbonyl (C=O) groups excluding carboxylic acids is 1. The van der Waals surface area contributed by atoms with Gasteiger partial charge in [-0.05, 0) is 52.0 Å². The number of urea groups is 1. The van der Waals surface area contributed by atoms with Crippen molar-refractivity contribution in [3.8, 4) is 0 Å². The molecule has 0 spiro atoms. The molecule has 0 radical (unpaired) electrons. The number of nitrogens with zero attached hydrogens (tertiary/aromatic N) is 2. The molecule has 1 saturated carbocycles.